The van der Waals surface area contributed by atoms with Crippen LogP contribution >= 0.6 is 0 Å². The van der Waals surface area contributed by atoms with Gasteiger partial charge in [-0.3, -0.25) is 4.90 Å². The van der Waals surface area contributed by atoms with Gasteiger partial charge >= 0.3 is 29.6 Å². The first-order chi connectivity index (χ1) is 14.1. The normalized spacial score (nSPS) is 13.8. The smallest absolute Gasteiger partial charge is 0.549 e. The fraction of sp³-hybridized carbons (Fsp3) is 0.808. The molecule has 0 rings (SSSR count). The van der Waals surface area contributed by atoms with Gasteiger partial charge in [-0.1, -0.05) is 77.7 Å². The van der Waals surface area contributed by atoms with E-state index in [1.807, 2.05) is 0 Å². The number of hydrogen-bond acceptors (Lipinski definition) is 3. The van der Waals surface area contributed by atoms with Crippen molar-refractivity contribution in [2.24, 2.45) is 11.8 Å². The Morgan fingerprint density at radius 1 is 0.767 bits per heavy atom. The molecule has 0 saturated carbocycles. The van der Waals surface area contributed by atoms with Crippen molar-refractivity contribution in [1.82, 2.24) is 4.90 Å². The first-order valence-electron chi connectivity index (χ1n) is 12.3. The molecule has 0 fully saturated rings. The Morgan fingerprint density at radius 2 is 1.20 bits per heavy atom. The van der Waals surface area contributed by atoms with E-state index in [-0.39, 0.29) is 36.1 Å². The molecule has 4 heteroatoms. The van der Waals surface area contributed by atoms with E-state index in [4.69, 9.17) is 0 Å². The third-order valence-corrected chi connectivity index (χ3v) is 5.81. The quantitative estimate of drug-likeness (QED) is 0.170. The van der Waals surface area contributed by atoms with Crippen molar-refractivity contribution < 1.29 is 39.5 Å². The van der Waals surface area contributed by atoms with Gasteiger partial charge in [0.15, 0.2) is 0 Å². The van der Waals surface area contributed by atoms with Crippen molar-refractivity contribution in [3.63, 3.8) is 0 Å². The van der Waals surface area contributed by atoms with Crippen LogP contribution in [0.3, 0.4) is 0 Å². The summed E-state index contributed by atoms with van der Waals surface area (Å²) in [5, 5.41) is 11.3. The molecule has 0 saturated heterocycles. The van der Waals surface area contributed by atoms with Crippen molar-refractivity contribution in [3.8, 4) is 0 Å². The summed E-state index contributed by atoms with van der Waals surface area (Å²) >= 11 is 0. The molecule has 0 bridgehead atoms. The second kappa shape index (κ2) is 23.6. The largest absolute Gasteiger partial charge is 1.00 e. The minimum atomic E-state index is -0.941. The molecule has 0 aliphatic rings. The van der Waals surface area contributed by atoms with E-state index in [1.165, 1.54) is 51.4 Å². The minimum absolute atomic E-state index is 0. The van der Waals surface area contributed by atoms with E-state index in [0.29, 0.717) is 11.8 Å². The van der Waals surface area contributed by atoms with Crippen LogP contribution in [-0.4, -0.2) is 30.5 Å². The molecule has 170 valence electrons. The molecular weight excluding hydrogens is 381 g/mol. The Hall–Kier alpha value is -0.0900. The molecule has 30 heavy (non-hydrogen) atoms. The topological polar surface area (TPSA) is 43.4 Å². The van der Waals surface area contributed by atoms with Crippen molar-refractivity contribution in [3.05, 3.63) is 24.3 Å². The molecule has 0 heterocycles. The Bertz CT molecular complexity index is 405. The van der Waals surface area contributed by atoms with Crippen molar-refractivity contribution >= 4 is 5.97 Å². The molecule has 2 atom stereocenters. The summed E-state index contributed by atoms with van der Waals surface area (Å²) in [5.74, 6) is 0.228. The number of aliphatic carboxylic acids is 1. The van der Waals surface area contributed by atoms with Crippen LogP contribution < -0.4 is 34.7 Å². The Balaban J connectivity index is 0. The number of carboxylic acids is 1. The zero-order valence-corrected chi connectivity index (χ0v) is 22.8. The monoisotopic (exact) mass is 429 g/mol. The van der Waals surface area contributed by atoms with Gasteiger partial charge < -0.3 is 9.90 Å². The van der Waals surface area contributed by atoms with Crippen molar-refractivity contribution in [2.45, 2.75) is 105 Å². The maximum atomic E-state index is 11.3. The van der Waals surface area contributed by atoms with Crippen LogP contribution in [0.4, 0.5) is 0 Å². The van der Waals surface area contributed by atoms with Crippen LogP contribution in [0, 0.1) is 11.8 Å². The van der Waals surface area contributed by atoms with Gasteiger partial charge in [0, 0.05) is 19.6 Å². The second-order valence-corrected chi connectivity index (χ2v) is 8.44. The van der Waals surface area contributed by atoms with Crippen LogP contribution in [0.2, 0.25) is 0 Å². The Labute approximate surface area is 210 Å². The summed E-state index contributed by atoms with van der Waals surface area (Å²) in [6, 6.07) is 0. The number of nitrogens with zero attached hydrogens (tertiary/aromatic N) is 1. The van der Waals surface area contributed by atoms with E-state index in [2.05, 4.69) is 56.9 Å². The van der Waals surface area contributed by atoms with Gasteiger partial charge in [-0.05, 0) is 63.2 Å². The van der Waals surface area contributed by atoms with E-state index >= 15 is 0 Å². The fourth-order valence-electron chi connectivity index (χ4n) is 3.92. The molecule has 0 amide bonds. The first-order valence-corrected chi connectivity index (χ1v) is 12.3. The van der Waals surface area contributed by atoms with Crippen LogP contribution in [0.25, 0.3) is 0 Å². The molecule has 0 N–H and O–H groups in total. The molecule has 0 aromatic carbocycles. The third-order valence-electron chi connectivity index (χ3n) is 5.81. The minimum Gasteiger partial charge on any atom is -0.549 e. The van der Waals surface area contributed by atoms with Crippen LogP contribution in [-0.2, 0) is 4.79 Å². The average molecular weight is 430 g/mol. The second-order valence-electron chi connectivity index (χ2n) is 8.44. The summed E-state index contributed by atoms with van der Waals surface area (Å²) in [5.41, 5.74) is 0. The predicted octanol–water partition coefficient (Wildman–Crippen LogP) is 3.15. The van der Waals surface area contributed by atoms with Gasteiger partial charge in [0.2, 0.25) is 0 Å². The fourth-order valence-corrected chi connectivity index (χ4v) is 3.92. The Morgan fingerprint density at radius 3 is 1.53 bits per heavy atom. The number of carboxylic acid groups (broad SMARTS) is 1. The van der Waals surface area contributed by atoms with Gasteiger partial charge in [0.05, 0.1) is 5.97 Å². The van der Waals surface area contributed by atoms with E-state index in [0.717, 1.165) is 38.8 Å². The van der Waals surface area contributed by atoms with Gasteiger partial charge in [-0.15, -0.1) is 0 Å². The molecule has 0 aromatic rings. The zero-order valence-electron chi connectivity index (χ0n) is 20.8. The molecular formula is C26H48NNaO2. The molecule has 3 nitrogen and oxygen atoms in total. The van der Waals surface area contributed by atoms with Crippen LogP contribution in [0.1, 0.15) is 105 Å². The van der Waals surface area contributed by atoms with Crippen molar-refractivity contribution in [1.29, 1.82) is 0 Å². The Kier molecular flexibility index (Phi) is 25.2. The van der Waals surface area contributed by atoms with Gasteiger partial charge in [0.1, 0.15) is 0 Å². The first kappa shape index (κ1) is 32.1. The number of hydrogen-bond donors (Lipinski definition) is 0. The molecule has 2 unspecified atom stereocenters. The molecule has 0 aromatic heterocycles. The number of carbonyl (C=O) groups is 1. The summed E-state index contributed by atoms with van der Waals surface area (Å²) in [6.45, 7) is 10.7. The van der Waals surface area contributed by atoms with Crippen LogP contribution in [0.15, 0.2) is 24.3 Å². The zero-order chi connectivity index (χ0) is 21.7. The SMILES string of the molecule is CC/C=C/CCCCC(CC)CN(CC(=O)[O-])CC(CC)CCCC/C=C/CC.[Na+]. The van der Waals surface area contributed by atoms with Crippen LogP contribution in [0.5, 0.6) is 0 Å². The molecule has 0 spiro atoms. The molecule has 0 aliphatic heterocycles. The summed E-state index contributed by atoms with van der Waals surface area (Å²) in [7, 11) is 0. The standard InChI is InChI=1S/C26H49NO2.Na/c1-5-9-11-13-15-17-19-24(7-3)21-27(23-26(28)29)22-25(8-4)20-18-16-14-12-10-6-2;/h9-12,24-25H,5-8,13-23H2,1-4H3,(H,28,29);/q;+1/p-1/b11-9+,12-10+;. The number of rotatable bonds is 20. The summed E-state index contributed by atoms with van der Waals surface area (Å²) in [6.07, 6.45) is 23.2. The van der Waals surface area contributed by atoms with Gasteiger partial charge in [-0.25, -0.2) is 0 Å². The number of carbonyl (C=O) groups excluding carboxylic acids is 1. The van der Waals surface area contributed by atoms with E-state index in [1.54, 1.807) is 0 Å². The number of unbranched alkanes of at least 4 members (excludes halogenated alkanes) is 4. The average Bonchev–Trinajstić information content (AvgIpc) is 2.70. The molecule has 0 radical (unpaired) electrons. The van der Waals surface area contributed by atoms with Gasteiger partial charge in [-0.2, -0.15) is 0 Å². The van der Waals surface area contributed by atoms with E-state index in [9.17, 15) is 9.90 Å². The summed E-state index contributed by atoms with van der Waals surface area (Å²) in [4.78, 5) is 13.5. The maximum absolute atomic E-state index is 11.3. The van der Waals surface area contributed by atoms with E-state index < -0.39 is 5.97 Å². The van der Waals surface area contributed by atoms with Crippen molar-refractivity contribution in [2.75, 3.05) is 19.6 Å². The summed E-state index contributed by atoms with van der Waals surface area (Å²) < 4.78 is 0. The number of allylic oxidation sites excluding steroid dienone is 4. The predicted molar refractivity (Wildman–Crippen MR) is 125 cm³/mol. The third kappa shape index (κ3) is 19.8. The maximum Gasteiger partial charge on any atom is 1.00 e. The van der Waals surface area contributed by atoms with Gasteiger partial charge in [0.25, 0.3) is 0 Å². The molecule has 0 aliphatic carbocycles.